The Hall–Kier alpha value is -0.640. The molecule has 0 radical (unpaired) electrons. The molecule has 1 unspecified atom stereocenters. The molecule has 18 heavy (non-hydrogen) atoms. The van der Waals surface area contributed by atoms with E-state index < -0.39 is 0 Å². The van der Waals surface area contributed by atoms with E-state index in [0.29, 0.717) is 6.04 Å². The topological polar surface area (TPSA) is 12.0 Å². The third-order valence-corrected chi connectivity index (χ3v) is 4.76. The number of thiophene rings is 1. The van der Waals surface area contributed by atoms with Crippen LogP contribution in [0.1, 0.15) is 29.8 Å². The lowest BCUT2D eigenvalue weighted by molar-refractivity contribution is 0.586. The number of halogens is 1. The molecule has 0 bridgehead atoms. The molecule has 1 heterocycles. The van der Waals surface area contributed by atoms with Gasteiger partial charge in [-0.3, -0.25) is 0 Å². The average Bonchev–Trinajstić information content (AvgIpc) is 2.79. The van der Waals surface area contributed by atoms with Crippen LogP contribution in [0.2, 0.25) is 0 Å². The number of benzene rings is 1. The Balaban J connectivity index is 2.34. The SMILES string of the molecule is CCC(NC)c1ccc(-c2cc(C)cc(Br)c2)s1. The van der Waals surface area contributed by atoms with Crippen molar-refractivity contribution in [1.82, 2.24) is 5.32 Å². The first-order valence-corrected chi connectivity index (χ1v) is 7.79. The largest absolute Gasteiger partial charge is 0.312 e. The van der Waals surface area contributed by atoms with Gasteiger partial charge in [-0.1, -0.05) is 28.9 Å². The molecule has 96 valence electrons. The van der Waals surface area contributed by atoms with Gasteiger partial charge in [0.25, 0.3) is 0 Å². The molecule has 1 nitrogen and oxygen atoms in total. The van der Waals surface area contributed by atoms with Crippen LogP contribution in [0.4, 0.5) is 0 Å². The van der Waals surface area contributed by atoms with Gasteiger partial charge in [0.2, 0.25) is 0 Å². The second-order valence-electron chi connectivity index (χ2n) is 4.47. The average molecular weight is 324 g/mol. The van der Waals surface area contributed by atoms with Crippen LogP contribution < -0.4 is 5.32 Å². The Morgan fingerprint density at radius 1 is 1.28 bits per heavy atom. The zero-order valence-corrected chi connectivity index (χ0v) is 13.4. The standard InChI is InChI=1S/C15H18BrNS/c1-4-13(17-3)15-6-5-14(18-15)11-7-10(2)8-12(16)9-11/h5-9,13,17H,4H2,1-3H3. The van der Waals surface area contributed by atoms with Crippen LogP contribution in [0.25, 0.3) is 10.4 Å². The molecule has 0 amide bonds. The molecule has 0 saturated heterocycles. The van der Waals surface area contributed by atoms with Gasteiger partial charge in [-0.15, -0.1) is 11.3 Å². The van der Waals surface area contributed by atoms with E-state index in [1.165, 1.54) is 20.9 Å². The molecule has 0 fully saturated rings. The molecule has 1 atom stereocenters. The van der Waals surface area contributed by atoms with Crippen LogP contribution in [-0.4, -0.2) is 7.05 Å². The number of rotatable bonds is 4. The highest BCUT2D eigenvalue weighted by molar-refractivity contribution is 9.10. The summed E-state index contributed by atoms with van der Waals surface area (Å²) in [5.74, 6) is 0. The van der Waals surface area contributed by atoms with Crippen molar-refractivity contribution in [2.75, 3.05) is 7.05 Å². The van der Waals surface area contributed by atoms with E-state index in [2.05, 4.69) is 65.4 Å². The lowest BCUT2D eigenvalue weighted by Gasteiger charge is -2.10. The highest BCUT2D eigenvalue weighted by atomic mass is 79.9. The molecular weight excluding hydrogens is 306 g/mol. The summed E-state index contributed by atoms with van der Waals surface area (Å²) in [6.45, 7) is 4.34. The molecule has 1 aromatic heterocycles. The monoisotopic (exact) mass is 323 g/mol. The van der Waals surface area contributed by atoms with Crippen molar-refractivity contribution in [1.29, 1.82) is 0 Å². The smallest absolute Gasteiger partial charge is 0.0409 e. The van der Waals surface area contributed by atoms with Crippen LogP contribution in [-0.2, 0) is 0 Å². The predicted molar refractivity (Wildman–Crippen MR) is 84.3 cm³/mol. The molecule has 0 aliphatic rings. The van der Waals surface area contributed by atoms with Gasteiger partial charge < -0.3 is 5.32 Å². The third kappa shape index (κ3) is 3.02. The van der Waals surface area contributed by atoms with Gasteiger partial charge in [0.05, 0.1) is 0 Å². The van der Waals surface area contributed by atoms with E-state index in [1.807, 2.05) is 18.4 Å². The van der Waals surface area contributed by atoms with Crippen LogP contribution in [0.5, 0.6) is 0 Å². The van der Waals surface area contributed by atoms with Gasteiger partial charge in [0.15, 0.2) is 0 Å². The van der Waals surface area contributed by atoms with E-state index in [1.54, 1.807) is 0 Å². The second kappa shape index (κ2) is 6.00. The fourth-order valence-corrected chi connectivity index (χ4v) is 3.92. The van der Waals surface area contributed by atoms with Crippen molar-refractivity contribution in [2.24, 2.45) is 0 Å². The summed E-state index contributed by atoms with van der Waals surface area (Å²) in [6.07, 6.45) is 1.12. The van der Waals surface area contributed by atoms with Crippen molar-refractivity contribution < 1.29 is 0 Å². The van der Waals surface area contributed by atoms with E-state index in [-0.39, 0.29) is 0 Å². The van der Waals surface area contributed by atoms with Crippen LogP contribution in [0.3, 0.4) is 0 Å². The molecule has 0 aliphatic heterocycles. The summed E-state index contributed by atoms with van der Waals surface area (Å²) in [5, 5.41) is 3.36. The summed E-state index contributed by atoms with van der Waals surface area (Å²) < 4.78 is 1.15. The van der Waals surface area contributed by atoms with E-state index in [9.17, 15) is 0 Å². The number of hydrogen-bond donors (Lipinski definition) is 1. The maximum atomic E-state index is 3.57. The number of hydrogen-bond acceptors (Lipinski definition) is 2. The van der Waals surface area contributed by atoms with Crippen LogP contribution in [0, 0.1) is 6.92 Å². The molecule has 0 aliphatic carbocycles. The predicted octanol–water partition coefficient (Wildman–Crippen LogP) is 5.16. The highest BCUT2D eigenvalue weighted by Gasteiger charge is 2.10. The summed E-state index contributed by atoms with van der Waals surface area (Å²) in [7, 11) is 2.02. The summed E-state index contributed by atoms with van der Waals surface area (Å²) >= 11 is 5.44. The molecular formula is C15H18BrNS. The zero-order valence-electron chi connectivity index (χ0n) is 11.0. The fraction of sp³-hybridized carbons (Fsp3) is 0.333. The minimum absolute atomic E-state index is 0.469. The molecule has 1 N–H and O–H groups in total. The van der Waals surface area contributed by atoms with E-state index in [0.717, 1.165) is 10.9 Å². The van der Waals surface area contributed by atoms with Gasteiger partial charge in [-0.2, -0.15) is 0 Å². The van der Waals surface area contributed by atoms with Gasteiger partial charge in [-0.25, -0.2) is 0 Å². The molecule has 2 aromatic rings. The molecule has 0 saturated carbocycles. The quantitative estimate of drug-likeness (QED) is 0.819. The summed E-state index contributed by atoms with van der Waals surface area (Å²) in [4.78, 5) is 2.75. The molecule has 1 aromatic carbocycles. The van der Waals surface area contributed by atoms with Crippen molar-refractivity contribution in [3.63, 3.8) is 0 Å². The van der Waals surface area contributed by atoms with Gasteiger partial charge in [0.1, 0.15) is 0 Å². The lowest BCUT2D eigenvalue weighted by Crippen LogP contribution is -2.13. The van der Waals surface area contributed by atoms with Crippen molar-refractivity contribution in [2.45, 2.75) is 26.3 Å². The summed E-state index contributed by atoms with van der Waals surface area (Å²) in [5.41, 5.74) is 2.58. The van der Waals surface area contributed by atoms with Crippen molar-refractivity contribution >= 4 is 27.3 Å². The van der Waals surface area contributed by atoms with Crippen LogP contribution >= 0.6 is 27.3 Å². The minimum atomic E-state index is 0.469. The highest BCUT2D eigenvalue weighted by Crippen LogP contribution is 2.34. The second-order valence-corrected chi connectivity index (χ2v) is 6.50. The Labute approximate surface area is 121 Å². The Kier molecular flexibility index (Phi) is 4.60. The third-order valence-electron chi connectivity index (χ3n) is 3.05. The Bertz CT molecular complexity index is 509. The summed E-state index contributed by atoms with van der Waals surface area (Å²) in [6, 6.07) is 11.5. The van der Waals surface area contributed by atoms with Gasteiger partial charge in [0, 0.05) is 20.3 Å². The first-order chi connectivity index (χ1) is 8.63. The van der Waals surface area contributed by atoms with E-state index >= 15 is 0 Å². The zero-order chi connectivity index (χ0) is 13.1. The van der Waals surface area contributed by atoms with Gasteiger partial charge >= 0.3 is 0 Å². The van der Waals surface area contributed by atoms with E-state index in [4.69, 9.17) is 0 Å². The maximum Gasteiger partial charge on any atom is 0.0409 e. The number of nitrogens with one attached hydrogen (secondary N) is 1. The lowest BCUT2D eigenvalue weighted by atomic mass is 10.1. The van der Waals surface area contributed by atoms with Crippen LogP contribution in [0.15, 0.2) is 34.8 Å². The van der Waals surface area contributed by atoms with Crippen molar-refractivity contribution in [3.05, 3.63) is 45.2 Å². The molecule has 0 spiro atoms. The normalized spacial score (nSPS) is 12.7. The first-order valence-electron chi connectivity index (χ1n) is 6.18. The molecule has 2 rings (SSSR count). The van der Waals surface area contributed by atoms with Crippen molar-refractivity contribution in [3.8, 4) is 10.4 Å². The maximum absolute atomic E-state index is 3.57. The Morgan fingerprint density at radius 2 is 2.06 bits per heavy atom. The first kappa shape index (κ1) is 13.8. The fourth-order valence-electron chi connectivity index (χ4n) is 2.12. The molecule has 3 heteroatoms. The Morgan fingerprint density at radius 3 is 2.67 bits per heavy atom. The minimum Gasteiger partial charge on any atom is -0.312 e. The number of aryl methyl sites for hydroxylation is 1. The van der Waals surface area contributed by atoms with Gasteiger partial charge in [-0.05, 0) is 55.8 Å².